The molecule has 20 heavy (non-hydrogen) atoms. The zero-order chi connectivity index (χ0) is 14.7. The molecule has 5 nitrogen and oxygen atoms in total. The summed E-state index contributed by atoms with van der Waals surface area (Å²) in [5.74, 6) is -1.86. The first kappa shape index (κ1) is 14.4. The lowest BCUT2D eigenvalue weighted by Gasteiger charge is -2.15. The van der Waals surface area contributed by atoms with Gasteiger partial charge >= 0.3 is 5.97 Å². The number of aliphatic carboxylic acids is 1. The average molecular weight is 277 g/mol. The molecule has 0 radical (unpaired) electrons. The molecule has 3 N–H and O–H groups in total. The van der Waals surface area contributed by atoms with Crippen LogP contribution in [0.15, 0.2) is 24.3 Å². The Bertz CT molecular complexity index is 514. The zero-order valence-electron chi connectivity index (χ0n) is 11.4. The predicted molar refractivity (Wildman–Crippen MR) is 73.0 cm³/mol. The summed E-state index contributed by atoms with van der Waals surface area (Å²) < 4.78 is 0. The normalized spacial score (nSPS) is 25.4. The van der Waals surface area contributed by atoms with Crippen molar-refractivity contribution in [3.63, 3.8) is 0 Å². The van der Waals surface area contributed by atoms with Gasteiger partial charge in [0.2, 0.25) is 5.91 Å². The third-order valence-corrected chi connectivity index (χ3v) is 3.90. The lowest BCUT2D eigenvalue weighted by molar-refractivity contribution is -0.146. The fraction of sp³-hybridized carbons (Fsp3) is 0.467. The highest BCUT2D eigenvalue weighted by molar-refractivity contribution is 5.85. The van der Waals surface area contributed by atoms with Gasteiger partial charge < -0.3 is 15.5 Å². The molecule has 1 aromatic carbocycles. The maximum atomic E-state index is 12.1. The fourth-order valence-electron chi connectivity index (χ4n) is 2.83. The van der Waals surface area contributed by atoms with Crippen LogP contribution in [0.25, 0.3) is 0 Å². The molecule has 1 aliphatic carbocycles. The Morgan fingerprint density at radius 1 is 1.25 bits per heavy atom. The van der Waals surface area contributed by atoms with Crippen LogP contribution in [0.3, 0.4) is 0 Å². The number of amides is 1. The first-order chi connectivity index (χ1) is 9.49. The summed E-state index contributed by atoms with van der Waals surface area (Å²) in [6.07, 6.45) is 1.15. The third kappa shape index (κ3) is 3.10. The number of aromatic hydroxyl groups is 1. The molecule has 5 heteroatoms. The van der Waals surface area contributed by atoms with Crippen LogP contribution in [0.2, 0.25) is 0 Å². The number of para-hydroxylation sites is 1. The first-order valence-electron chi connectivity index (χ1n) is 6.76. The maximum absolute atomic E-state index is 12.1. The Hall–Kier alpha value is -2.04. The van der Waals surface area contributed by atoms with Crippen molar-refractivity contribution in [1.29, 1.82) is 0 Å². The summed E-state index contributed by atoms with van der Waals surface area (Å²) >= 11 is 0. The molecule has 0 aromatic heterocycles. The molecule has 1 aliphatic rings. The molecule has 0 saturated heterocycles. The largest absolute Gasteiger partial charge is 0.508 e. The van der Waals surface area contributed by atoms with Gasteiger partial charge in [0.15, 0.2) is 0 Å². The van der Waals surface area contributed by atoms with E-state index in [4.69, 9.17) is 5.11 Å². The molecule has 2 rings (SSSR count). The number of carbonyl (C=O) groups excluding carboxylic acids is 1. The van der Waals surface area contributed by atoms with E-state index in [-0.39, 0.29) is 24.1 Å². The topological polar surface area (TPSA) is 86.6 Å². The molecule has 1 aromatic rings. The number of rotatable bonds is 4. The molecule has 1 fully saturated rings. The lowest BCUT2D eigenvalue weighted by atomic mass is 9.95. The van der Waals surface area contributed by atoms with Gasteiger partial charge in [-0.2, -0.15) is 0 Å². The summed E-state index contributed by atoms with van der Waals surface area (Å²) in [5.41, 5.74) is 0.624. The van der Waals surface area contributed by atoms with E-state index in [1.807, 2.05) is 6.92 Å². The number of carboxylic acid groups (broad SMARTS) is 1. The number of hydrogen-bond donors (Lipinski definition) is 3. The van der Waals surface area contributed by atoms with Crippen molar-refractivity contribution in [2.75, 3.05) is 0 Å². The number of nitrogens with one attached hydrogen (secondary N) is 1. The van der Waals surface area contributed by atoms with Gasteiger partial charge in [-0.3, -0.25) is 9.59 Å². The van der Waals surface area contributed by atoms with Gasteiger partial charge in [0.05, 0.1) is 11.8 Å². The molecule has 108 valence electrons. The van der Waals surface area contributed by atoms with E-state index in [0.717, 1.165) is 0 Å². The van der Waals surface area contributed by atoms with Crippen molar-refractivity contribution in [3.8, 4) is 5.75 Å². The minimum absolute atomic E-state index is 0.127. The Balaban J connectivity index is 1.98. The van der Waals surface area contributed by atoms with E-state index in [1.165, 1.54) is 0 Å². The molecular formula is C15H19NO4. The number of phenols is 1. The maximum Gasteiger partial charge on any atom is 0.307 e. The second-order valence-corrected chi connectivity index (χ2v) is 5.47. The van der Waals surface area contributed by atoms with Crippen molar-refractivity contribution in [1.82, 2.24) is 5.32 Å². The fourth-order valence-corrected chi connectivity index (χ4v) is 2.83. The van der Waals surface area contributed by atoms with Gasteiger partial charge in [0, 0.05) is 12.1 Å². The smallest absolute Gasteiger partial charge is 0.307 e. The standard InChI is InChI=1S/C15H19NO4/c1-9-6-11(12(7-9)15(19)20)14(18)16-8-10-4-2-3-5-13(10)17/h2-5,9,11-12,17H,6-8H2,1H3,(H,16,18)(H,19,20). The van der Waals surface area contributed by atoms with Gasteiger partial charge in [-0.1, -0.05) is 25.1 Å². The molecule has 3 atom stereocenters. The summed E-state index contributed by atoms with van der Waals surface area (Å²) in [4.78, 5) is 23.3. The highest BCUT2D eigenvalue weighted by atomic mass is 16.4. The number of benzene rings is 1. The molecule has 0 heterocycles. The molecule has 0 bridgehead atoms. The van der Waals surface area contributed by atoms with Crippen LogP contribution in [-0.2, 0) is 16.1 Å². The van der Waals surface area contributed by atoms with Crippen LogP contribution in [0.5, 0.6) is 5.75 Å². The van der Waals surface area contributed by atoms with E-state index in [1.54, 1.807) is 24.3 Å². The summed E-state index contributed by atoms with van der Waals surface area (Å²) in [7, 11) is 0. The van der Waals surface area contributed by atoms with Crippen LogP contribution in [0, 0.1) is 17.8 Å². The van der Waals surface area contributed by atoms with Gasteiger partial charge in [-0.15, -0.1) is 0 Å². The van der Waals surface area contributed by atoms with E-state index < -0.39 is 17.8 Å². The third-order valence-electron chi connectivity index (χ3n) is 3.90. The molecule has 1 saturated carbocycles. The van der Waals surface area contributed by atoms with Crippen molar-refractivity contribution < 1.29 is 19.8 Å². The molecule has 0 aliphatic heterocycles. The van der Waals surface area contributed by atoms with Crippen molar-refractivity contribution >= 4 is 11.9 Å². The van der Waals surface area contributed by atoms with Crippen molar-refractivity contribution in [2.45, 2.75) is 26.3 Å². The van der Waals surface area contributed by atoms with Crippen LogP contribution in [0.4, 0.5) is 0 Å². The molecule has 3 unspecified atom stereocenters. The quantitative estimate of drug-likeness (QED) is 0.782. The second kappa shape index (κ2) is 5.94. The minimum Gasteiger partial charge on any atom is -0.508 e. The van der Waals surface area contributed by atoms with Crippen LogP contribution in [-0.4, -0.2) is 22.1 Å². The SMILES string of the molecule is CC1CC(C(=O)O)C(C(=O)NCc2ccccc2O)C1. The van der Waals surface area contributed by atoms with E-state index in [2.05, 4.69) is 5.32 Å². The molecule has 1 amide bonds. The van der Waals surface area contributed by atoms with Crippen LogP contribution >= 0.6 is 0 Å². The number of hydrogen-bond acceptors (Lipinski definition) is 3. The molecular weight excluding hydrogens is 258 g/mol. The number of carbonyl (C=O) groups is 2. The van der Waals surface area contributed by atoms with E-state index >= 15 is 0 Å². The van der Waals surface area contributed by atoms with Crippen LogP contribution in [0.1, 0.15) is 25.3 Å². The van der Waals surface area contributed by atoms with Crippen molar-refractivity contribution in [3.05, 3.63) is 29.8 Å². The Morgan fingerprint density at radius 3 is 2.55 bits per heavy atom. The van der Waals surface area contributed by atoms with Gasteiger partial charge in [0.1, 0.15) is 5.75 Å². The van der Waals surface area contributed by atoms with Gasteiger partial charge in [-0.25, -0.2) is 0 Å². The highest BCUT2D eigenvalue weighted by Gasteiger charge is 2.41. The average Bonchev–Trinajstić information content (AvgIpc) is 2.80. The minimum atomic E-state index is -0.906. The van der Waals surface area contributed by atoms with Gasteiger partial charge in [0.25, 0.3) is 0 Å². The van der Waals surface area contributed by atoms with E-state index in [0.29, 0.717) is 18.4 Å². The lowest BCUT2D eigenvalue weighted by Crippen LogP contribution is -2.34. The molecule has 0 spiro atoms. The second-order valence-electron chi connectivity index (χ2n) is 5.47. The number of phenolic OH excluding ortho intramolecular Hbond substituents is 1. The summed E-state index contributed by atoms with van der Waals surface area (Å²) in [5, 5.41) is 21.5. The van der Waals surface area contributed by atoms with Gasteiger partial charge in [-0.05, 0) is 24.8 Å². The summed E-state index contributed by atoms with van der Waals surface area (Å²) in [6, 6.07) is 6.76. The predicted octanol–water partition coefficient (Wildman–Crippen LogP) is 1.76. The first-order valence-corrected chi connectivity index (χ1v) is 6.76. The summed E-state index contributed by atoms with van der Waals surface area (Å²) in [6.45, 7) is 2.18. The zero-order valence-corrected chi connectivity index (χ0v) is 11.4. The highest BCUT2D eigenvalue weighted by Crippen LogP contribution is 2.36. The van der Waals surface area contributed by atoms with Crippen LogP contribution < -0.4 is 5.32 Å². The Kier molecular flexibility index (Phi) is 4.27. The Labute approximate surface area is 117 Å². The van der Waals surface area contributed by atoms with Crippen molar-refractivity contribution in [2.24, 2.45) is 17.8 Å². The monoisotopic (exact) mass is 277 g/mol. The Morgan fingerprint density at radius 2 is 1.90 bits per heavy atom. The van der Waals surface area contributed by atoms with E-state index in [9.17, 15) is 14.7 Å². The number of carboxylic acids is 1.